The topological polar surface area (TPSA) is 15.3 Å². The van der Waals surface area contributed by atoms with Crippen molar-refractivity contribution >= 4 is 5.69 Å². The second-order valence-corrected chi connectivity index (χ2v) is 6.17. The summed E-state index contributed by atoms with van der Waals surface area (Å²) in [6.07, 6.45) is 7.15. The van der Waals surface area contributed by atoms with E-state index in [1.165, 1.54) is 44.2 Å². The molecule has 1 aromatic carbocycles. The van der Waals surface area contributed by atoms with E-state index < -0.39 is 11.6 Å². The maximum atomic E-state index is 13.4. The molecule has 1 heterocycles. The molecule has 1 saturated heterocycles. The minimum absolute atomic E-state index is 0.136. The molecule has 0 amide bonds. The van der Waals surface area contributed by atoms with Gasteiger partial charge in [-0.1, -0.05) is 19.3 Å². The summed E-state index contributed by atoms with van der Waals surface area (Å²) >= 11 is 0. The summed E-state index contributed by atoms with van der Waals surface area (Å²) in [6.45, 7) is 2.71. The second kappa shape index (κ2) is 5.68. The molecule has 1 aromatic rings. The molecule has 3 rings (SSSR count). The number of nitrogens with one attached hydrogen (secondary N) is 1. The van der Waals surface area contributed by atoms with E-state index in [0.717, 1.165) is 32.1 Å². The highest BCUT2D eigenvalue weighted by Crippen LogP contribution is 2.32. The fourth-order valence-corrected chi connectivity index (χ4v) is 3.63. The fourth-order valence-electron chi connectivity index (χ4n) is 3.63. The van der Waals surface area contributed by atoms with Gasteiger partial charge >= 0.3 is 0 Å². The molecule has 0 bridgehead atoms. The lowest BCUT2D eigenvalue weighted by Gasteiger charge is -2.40. The van der Waals surface area contributed by atoms with Gasteiger partial charge in [-0.25, -0.2) is 8.78 Å². The molecule has 0 aromatic heterocycles. The third kappa shape index (κ3) is 2.95. The van der Waals surface area contributed by atoms with Crippen LogP contribution in [0.2, 0.25) is 0 Å². The van der Waals surface area contributed by atoms with Crippen LogP contribution in [0.25, 0.3) is 0 Å². The van der Waals surface area contributed by atoms with Crippen molar-refractivity contribution in [2.24, 2.45) is 0 Å². The number of anilines is 1. The van der Waals surface area contributed by atoms with E-state index in [1.807, 2.05) is 0 Å². The van der Waals surface area contributed by atoms with Gasteiger partial charge in [0.1, 0.15) is 11.6 Å². The lowest BCUT2D eigenvalue weighted by molar-refractivity contribution is 0.246. The molecule has 1 aliphatic heterocycles. The zero-order chi connectivity index (χ0) is 14.0. The van der Waals surface area contributed by atoms with Crippen molar-refractivity contribution in [3.8, 4) is 0 Å². The Hall–Kier alpha value is -1.16. The van der Waals surface area contributed by atoms with Crippen LogP contribution in [0.4, 0.5) is 14.5 Å². The van der Waals surface area contributed by atoms with E-state index >= 15 is 0 Å². The Morgan fingerprint density at radius 3 is 2.35 bits per heavy atom. The fraction of sp³-hybridized carbons (Fsp3) is 0.625. The van der Waals surface area contributed by atoms with Crippen LogP contribution in [0.5, 0.6) is 0 Å². The molecule has 1 aliphatic carbocycles. The average molecular weight is 280 g/mol. The summed E-state index contributed by atoms with van der Waals surface area (Å²) in [7, 11) is 0. The maximum Gasteiger partial charge on any atom is 0.128 e. The van der Waals surface area contributed by atoms with Gasteiger partial charge in [-0.05, 0) is 37.9 Å². The zero-order valence-corrected chi connectivity index (χ0v) is 11.8. The Kier molecular flexibility index (Phi) is 3.92. The van der Waals surface area contributed by atoms with E-state index in [1.54, 1.807) is 0 Å². The first-order valence-electron chi connectivity index (χ1n) is 7.63. The summed E-state index contributed by atoms with van der Waals surface area (Å²) in [5.74, 6) is -0.982. The molecular weight excluding hydrogens is 258 g/mol. The first-order chi connectivity index (χ1) is 9.67. The molecule has 2 fully saturated rings. The summed E-state index contributed by atoms with van der Waals surface area (Å²) in [5, 5.41) is 3.70. The Balaban J connectivity index is 1.84. The van der Waals surface area contributed by atoms with Gasteiger partial charge in [-0.15, -0.1) is 0 Å². The van der Waals surface area contributed by atoms with Gasteiger partial charge in [0.15, 0.2) is 0 Å². The largest absolute Gasteiger partial charge is 0.369 e. The maximum absolute atomic E-state index is 13.4. The normalized spacial score (nSPS) is 22.8. The molecule has 0 atom stereocenters. The molecule has 2 aliphatic rings. The molecule has 4 heteroatoms. The summed E-state index contributed by atoms with van der Waals surface area (Å²) in [4.78, 5) is 2.15. The molecule has 110 valence electrons. The number of hydrogen-bond acceptors (Lipinski definition) is 2. The summed E-state index contributed by atoms with van der Waals surface area (Å²) in [6, 6.07) is 3.84. The van der Waals surface area contributed by atoms with Crippen molar-refractivity contribution in [3.05, 3.63) is 29.8 Å². The number of nitrogens with zero attached hydrogens (tertiary/aromatic N) is 1. The summed E-state index contributed by atoms with van der Waals surface area (Å²) < 4.78 is 26.9. The van der Waals surface area contributed by atoms with Crippen LogP contribution in [0.15, 0.2) is 18.2 Å². The second-order valence-electron chi connectivity index (χ2n) is 6.17. The van der Waals surface area contributed by atoms with Gasteiger partial charge in [0.2, 0.25) is 0 Å². The van der Waals surface area contributed by atoms with Gasteiger partial charge in [0.25, 0.3) is 0 Å². The van der Waals surface area contributed by atoms with Gasteiger partial charge in [0.05, 0.1) is 0 Å². The van der Waals surface area contributed by atoms with Crippen LogP contribution in [0.1, 0.15) is 38.5 Å². The SMILES string of the molecule is Fc1cc(F)cc(N2CCCNC3(CCCCC3)C2)c1. The van der Waals surface area contributed by atoms with E-state index in [4.69, 9.17) is 0 Å². The molecule has 1 N–H and O–H groups in total. The molecule has 2 nitrogen and oxygen atoms in total. The highest BCUT2D eigenvalue weighted by Gasteiger charge is 2.35. The Bertz CT molecular complexity index is 449. The average Bonchev–Trinajstić information content (AvgIpc) is 2.62. The lowest BCUT2D eigenvalue weighted by Crippen LogP contribution is -2.52. The molecular formula is C16H22F2N2. The number of rotatable bonds is 1. The molecule has 1 saturated carbocycles. The van der Waals surface area contributed by atoms with Crippen LogP contribution in [-0.2, 0) is 0 Å². The zero-order valence-electron chi connectivity index (χ0n) is 11.8. The highest BCUT2D eigenvalue weighted by molar-refractivity contribution is 5.47. The first-order valence-corrected chi connectivity index (χ1v) is 7.63. The van der Waals surface area contributed by atoms with Gasteiger partial charge in [-0.3, -0.25) is 0 Å². The minimum atomic E-state index is -0.491. The van der Waals surface area contributed by atoms with Crippen LogP contribution < -0.4 is 10.2 Å². The van der Waals surface area contributed by atoms with Crippen LogP contribution in [0, 0.1) is 11.6 Å². The smallest absolute Gasteiger partial charge is 0.128 e. The van der Waals surface area contributed by atoms with Crippen LogP contribution in [-0.4, -0.2) is 25.2 Å². The van der Waals surface area contributed by atoms with Gasteiger partial charge in [0, 0.05) is 30.4 Å². The number of benzene rings is 1. The van der Waals surface area contributed by atoms with Crippen molar-refractivity contribution in [1.29, 1.82) is 0 Å². The third-order valence-corrected chi connectivity index (χ3v) is 4.62. The van der Waals surface area contributed by atoms with Crippen molar-refractivity contribution in [2.75, 3.05) is 24.5 Å². The number of hydrogen-bond donors (Lipinski definition) is 1. The quantitative estimate of drug-likeness (QED) is 0.847. The number of halogens is 2. The minimum Gasteiger partial charge on any atom is -0.369 e. The Labute approximate surface area is 119 Å². The molecule has 0 radical (unpaired) electrons. The Morgan fingerprint density at radius 2 is 1.65 bits per heavy atom. The Morgan fingerprint density at radius 1 is 0.950 bits per heavy atom. The predicted molar refractivity (Wildman–Crippen MR) is 77.0 cm³/mol. The molecule has 0 unspecified atom stereocenters. The van der Waals surface area contributed by atoms with E-state index in [9.17, 15) is 8.78 Å². The molecule has 20 heavy (non-hydrogen) atoms. The van der Waals surface area contributed by atoms with Crippen LogP contribution >= 0.6 is 0 Å². The highest BCUT2D eigenvalue weighted by atomic mass is 19.1. The lowest BCUT2D eigenvalue weighted by atomic mass is 9.81. The molecule has 1 spiro atoms. The van der Waals surface area contributed by atoms with Crippen molar-refractivity contribution < 1.29 is 8.78 Å². The van der Waals surface area contributed by atoms with Gasteiger partial charge < -0.3 is 10.2 Å². The predicted octanol–water partition coefficient (Wildman–Crippen LogP) is 3.47. The van der Waals surface area contributed by atoms with Gasteiger partial charge in [-0.2, -0.15) is 0 Å². The van der Waals surface area contributed by atoms with Crippen molar-refractivity contribution in [3.63, 3.8) is 0 Å². The standard InChI is InChI=1S/C16H22F2N2/c17-13-9-14(18)11-15(10-13)20-8-4-7-19-16(12-20)5-2-1-3-6-16/h9-11,19H,1-8,12H2. The van der Waals surface area contributed by atoms with Crippen LogP contribution in [0.3, 0.4) is 0 Å². The monoisotopic (exact) mass is 280 g/mol. The van der Waals surface area contributed by atoms with E-state index in [-0.39, 0.29) is 5.54 Å². The van der Waals surface area contributed by atoms with E-state index in [2.05, 4.69) is 10.2 Å². The van der Waals surface area contributed by atoms with E-state index in [0.29, 0.717) is 5.69 Å². The first kappa shape index (κ1) is 13.8. The third-order valence-electron chi connectivity index (χ3n) is 4.62. The van der Waals surface area contributed by atoms with Crippen molar-refractivity contribution in [1.82, 2.24) is 5.32 Å². The summed E-state index contributed by atoms with van der Waals surface area (Å²) in [5.41, 5.74) is 0.813. The van der Waals surface area contributed by atoms with Crippen molar-refractivity contribution in [2.45, 2.75) is 44.1 Å².